The first kappa shape index (κ1) is 19.5. The Bertz CT molecular complexity index is 1200. The van der Waals surface area contributed by atoms with Crippen molar-refractivity contribution < 1.29 is 14.7 Å². The van der Waals surface area contributed by atoms with E-state index in [1.807, 2.05) is 6.07 Å². The van der Waals surface area contributed by atoms with Crippen LogP contribution >= 0.6 is 22.7 Å². The van der Waals surface area contributed by atoms with Crippen molar-refractivity contribution in [1.82, 2.24) is 9.88 Å². The van der Waals surface area contributed by atoms with Crippen LogP contribution in [0.25, 0.3) is 10.2 Å². The Morgan fingerprint density at radius 3 is 2.83 bits per heavy atom. The van der Waals surface area contributed by atoms with Crippen LogP contribution in [0.5, 0.6) is 0 Å². The molecule has 0 bridgehead atoms. The van der Waals surface area contributed by atoms with Crippen LogP contribution in [0.3, 0.4) is 0 Å². The lowest BCUT2D eigenvalue weighted by atomic mass is 9.95. The van der Waals surface area contributed by atoms with E-state index in [-0.39, 0.29) is 11.5 Å². The fraction of sp³-hybridized carbons (Fsp3) is 0.381. The Kier molecular flexibility index (Phi) is 4.76. The molecule has 4 heterocycles. The lowest BCUT2D eigenvalue weighted by Gasteiger charge is -2.24. The molecule has 0 atom stereocenters. The van der Waals surface area contributed by atoms with Gasteiger partial charge in [0.05, 0.1) is 11.3 Å². The number of nitrogen functional groups attached to an aromatic ring is 1. The van der Waals surface area contributed by atoms with Gasteiger partial charge in [-0.1, -0.05) is 0 Å². The van der Waals surface area contributed by atoms with Crippen molar-refractivity contribution in [1.29, 1.82) is 0 Å². The third-order valence-electron chi connectivity index (χ3n) is 5.88. The molecule has 0 fully saturated rings. The average molecular weight is 443 g/mol. The number of amides is 1. The highest BCUT2D eigenvalue weighted by Crippen LogP contribution is 2.40. The molecule has 4 N–H and O–H groups in total. The van der Waals surface area contributed by atoms with E-state index in [2.05, 4.69) is 17.3 Å². The zero-order valence-corrected chi connectivity index (χ0v) is 18.2. The number of hydrogen-bond donors (Lipinski definition) is 3. The number of carbonyl (C=O) groups is 2. The molecular formula is C21H22N4O3S2. The van der Waals surface area contributed by atoms with Gasteiger partial charge in [-0.15, -0.1) is 22.7 Å². The molecule has 3 aromatic heterocycles. The van der Waals surface area contributed by atoms with Gasteiger partial charge in [0, 0.05) is 35.5 Å². The number of anilines is 2. The van der Waals surface area contributed by atoms with Gasteiger partial charge in [-0.2, -0.15) is 0 Å². The van der Waals surface area contributed by atoms with Crippen molar-refractivity contribution in [2.45, 2.75) is 38.6 Å². The van der Waals surface area contributed by atoms with Crippen molar-refractivity contribution in [2.75, 3.05) is 24.6 Å². The van der Waals surface area contributed by atoms with Crippen molar-refractivity contribution in [3.63, 3.8) is 0 Å². The van der Waals surface area contributed by atoms with Crippen molar-refractivity contribution in [3.8, 4) is 0 Å². The Labute approximate surface area is 181 Å². The number of thiophene rings is 2. The van der Waals surface area contributed by atoms with Gasteiger partial charge in [-0.25, -0.2) is 9.78 Å². The molecule has 30 heavy (non-hydrogen) atoms. The molecule has 2 aliphatic rings. The van der Waals surface area contributed by atoms with Gasteiger partial charge in [0.15, 0.2) is 0 Å². The van der Waals surface area contributed by atoms with E-state index in [4.69, 9.17) is 10.7 Å². The normalized spacial score (nSPS) is 16.3. The molecule has 0 saturated heterocycles. The molecule has 0 spiro atoms. The minimum absolute atomic E-state index is 0.236. The fourth-order valence-corrected chi connectivity index (χ4v) is 6.62. The number of pyridine rings is 1. The molecular weight excluding hydrogens is 420 g/mol. The fourth-order valence-electron chi connectivity index (χ4n) is 4.35. The Balaban J connectivity index is 1.51. The van der Waals surface area contributed by atoms with Crippen LogP contribution in [0.2, 0.25) is 0 Å². The summed E-state index contributed by atoms with van der Waals surface area (Å²) in [7, 11) is 2.07. The number of aryl methyl sites for hydroxylation is 1. The van der Waals surface area contributed by atoms with Crippen LogP contribution in [-0.4, -0.2) is 40.5 Å². The minimum Gasteiger partial charge on any atom is -0.478 e. The molecule has 7 nitrogen and oxygen atoms in total. The van der Waals surface area contributed by atoms with E-state index in [1.54, 1.807) is 0 Å². The van der Waals surface area contributed by atoms with Crippen LogP contribution in [0.1, 0.15) is 54.6 Å². The predicted octanol–water partition coefficient (Wildman–Crippen LogP) is 3.76. The second kappa shape index (κ2) is 7.33. The van der Waals surface area contributed by atoms with Crippen LogP contribution < -0.4 is 11.1 Å². The second-order valence-corrected chi connectivity index (χ2v) is 10.1. The monoisotopic (exact) mass is 442 g/mol. The molecule has 156 valence electrons. The number of aromatic carboxylic acids is 1. The van der Waals surface area contributed by atoms with Gasteiger partial charge in [0.25, 0.3) is 5.91 Å². The summed E-state index contributed by atoms with van der Waals surface area (Å²) >= 11 is 2.65. The predicted molar refractivity (Wildman–Crippen MR) is 120 cm³/mol. The van der Waals surface area contributed by atoms with Gasteiger partial charge in [0.1, 0.15) is 14.7 Å². The first-order valence-corrected chi connectivity index (χ1v) is 11.6. The highest BCUT2D eigenvalue weighted by Gasteiger charge is 2.28. The lowest BCUT2D eigenvalue weighted by molar-refractivity contribution is 0.0697. The van der Waals surface area contributed by atoms with E-state index < -0.39 is 5.97 Å². The number of fused-ring (bicyclic) bond motifs is 3. The van der Waals surface area contributed by atoms with Crippen LogP contribution in [-0.2, 0) is 25.8 Å². The van der Waals surface area contributed by atoms with E-state index in [0.29, 0.717) is 15.6 Å². The lowest BCUT2D eigenvalue weighted by Crippen LogP contribution is -2.27. The first-order chi connectivity index (χ1) is 14.4. The second-order valence-electron chi connectivity index (χ2n) is 7.95. The molecule has 0 aromatic carbocycles. The van der Waals surface area contributed by atoms with Gasteiger partial charge in [0.2, 0.25) is 0 Å². The van der Waals surface area contributed by atoms with Crippen molar-refractivity contribution in [2.24, 2.45) is 0 Å². The van der Waals surface area contributed by atoms with E-state index in [0.717, 1.165) is 77.1 Å². The number of hydrogen-bond acceptors (Lipinski definition) is 7. The zero-order valence-electron chi connectivity index (χ0n) is 16.6. The summed E-state index contributed by atoms with van der Waals surface area (Å²) in [5, 5.41) is 13.8. The third-order valence-corrected chi connectivity index (χ3v) is 8.20. The van der Waals surface area contributed by atoms with E-state index in [1.165, 1.54) is 22.7 Å². The summed E-state index contributed by atoms with van der Waals surface area (Å²) < 4.78 is 0. The maximum Gasteiger partial charge on any atom is 0.339 e. The number of nitrogens with zero attached hydrogens (tertiary/aromatic N) is 2. The molecule has 0 saturated carbocycles. The number of aromatic nitrogens is 1. The average Bonchev–Trinajstić information content (AvgIpc) is 3.23. The molecule has 1 amide bonds. The summed E-state index contributed by atoms with van der Waals surface area (Å²) in [6.45, 7) is 1.78. The quantitative estimate of drug-likeness (QED) is 0.570. The standard InChI is InChI=1S/C21H22N4O3S2/c1-25-7-6-13-10(9-25)8-12-16(22)17(30-19(12)23-13)18(26)24-20-15(21(27)28)11-4-2-3-5-14(11)29-20/h8H,2-7,9,22H2,1H3,(H,24,26)(H,27,28). The number of nitrogens with one attached hydrogen (secondary N) is 1. The minimum atomic E-state index is -0.993. The Morgan fingerprint density at radius 1 is 1.23 bits per heavy atom. The highest BCUT2D eigenvalue weighted by atomic mass is 32.1. The smallest absolute Gasteiger partial charge is 0.339 e. The maximum absolute atomic E-state index is 13.1. The summed E-state index contributed by atoms with van der Waals surface area (Å²) in [5.41, 5.74) is 10.1. The summed E-state index contributed by atoms with van der Waals surface area (Å²) in [6, 6.07) is 2.04. The summed E-state index contributed by atoms with van der Waals surface area (Å²) in [5.74, 6) is -1.36. The number of carboxylic acid groups (broad SMARTS) is 1. The van der Waals surface area contributed by atoms with Crippen LogP contribution in [0, 0.1) is 0 Å². The van der Waals surface area contributed by atoms with Crippen LogP contribution in [0.15, 0.2) is 6.07 Å². The Morgan fingerprint density at radius 2 is 2.03 bits per heavy atom. The zero-order chi connectivity index (χ0) is 21.0. The van der Waals surface area contributed by atoms with E-state index in [9.17, 15) is 14.7 Å². The van der Waals surface area contributed by atoms with Gasteiger partial charge in [-0.3, -0.25) is 4.79 Å². The van der Waals surface area contributed by atoms with Gasteiger partial charge < -0.3 is 21.1 Å². The topological polar surface area (TPSA) is 109 Å². The number of rotatable bonds is 3. The molecule has 0 radical (unpaired) electrons. The molecule has 0 unspecified atom stereocenters. The Hall–Kier alpha value is -2.49. The highest BCUT2D eigenvalue weighted by molar-refractivity contribution is 7.21. The molecule has 5 rings (SSSR count). The van der Waals surface area contributed by atoms with Crippen molar-refractivity contribution in [3.05, 3.63) is 38.2 Å². The van der Waals surface area contributed by atoms with Crippen molar-refractivity contribution >= 4 is 55.5 Å². The number of carbonyl (C=O) groups excluding carboxylic acids is 1. The number of likely N-dealkylation sites (N-methyl/N-ethyl adjacent to an activating group) is 1. The number of carboxylic acids is 1. The third kappa shape index (κ3) is 3.17. The van der Waals surface area contributed by atoms with Crippen LogP contribution in [0.4, 0.5) is 10.7 Å². The SMILES string of the molecule is CN1CCc2nc3sc(C(=O)Nc4sc5c(c4C(=O)O)CCCC5)c(N)c3cc2C1. The molecule has 1 aliphatic heterocycles. The van der Waals surface area contributed by atoms with Gasteiger partial charge in [-0.05, 0) is 49.9 Å². The molecule has 3 aromatic rings. The summed E-state index contributed by atoms with van der Waals surface area (Å²) in [6.07, 6.45) is 4.52. The number of nitrogens with two attached hydrogens (primary N) is 1. The largest absolute Gasteiger partial charge is 0.478 e. The first-order valence-electron chi connectivity index (χ1n) is 10.0. The van der Waals surface area contributed by atoms with E-state index >= 15 is 0 Å². The summed E-state index contributed by atoms with van der Waals surface area (Å²) in [4.78, 5) is 34.1. The maximum atomic E-state index is 13.1. The molecule has 1 aliphatic carbocycles. The van der Waals surface area contributed by atoms with Gasteiger partial charge >= 0.3 is 5.97 Å². The molecule has 9 heteroatoms.